The van der Waals surface area contributed by atoms with Crippen LogP contribution in [0.15, 0.2) is 42.7 Å². The van der Waals surface area contributed by atoms with Crippen LogP contribution in [0.5, 0.6) is 0 Å². The third-order valence-electron chi connectivity index (χ3n) is 5.59. The van der Waals surface area contributed by atoms with Crippen LogP contribution in [0, 0.1) is 12.7 Å². The zero-order chi connectivity index (χ0) is 20.3. The molecule has 7 heteroatoms. The number of aromatic nitrogens is 4. The number of ether oxygens (including phenoxy) is 1. The van der Waals surface area contributed by atoms with Gasteiger partial charge in [0.25, 0.3) is 0 Å². The van der Waals surface area contributed by atoms with Crippen LogP contribution >= 0.6 is 0 Å². The van der Waals surface area contributed by atoms with E-state index in [1.54, 1.807) is 12.1 Å². The van der Waals surface area contributed by atoms with E-state index in [2.05, 4.69) is 27.3 Å². The molecule has 0 radical (unpaired) electrons. The smallest absolute Gasteiger partial charge is 0.130 e. The van der Waals surface area contributed by atoms with E-state index in [4.69, 9.17) is 4.74 Å². The van der Waals surface area contributed by atoms with E-state index in [0.29, 0.717) is 25.6 Å². The molecule has 0 bridgehead atoms. The summed E-state index contributed by atoms with van der Waals surface area (Å²) in [6.07, 6.45) is 5.48. The van der Waals surface area contributed by atoms with Crippen molar-refractivity contribution in [1.29, 1.82) is 0 Å². The second-order valence-electron chi connectivity index (χ2n) is 7.53. The highest BCUT2D eigenvalue weighted by Crippen LogP contribution is 2.35. The molecule has 152 valence electrons. The van der Waals surface area contributed by atoms with E-state index in [0.717, 1.165) is 42.0 Å². The number of aryl methyl sites for hydroxylation is 2. The summed E-state index contributed by atoms with van der Waals surface area (Å²) < 4.78 is 21.4. The van der Waals surface area contributed by atoms with Crippen LogP contribution in [0.2, 0.25) is 0 Å². The van der Waals surface area contributed by atoms with Crippen molar-refractivity contribution in [2.45, 2.75) is 38.6 Å². The van der Waals surface area contributed by atoms with Gasteiger partial charge in [-0.1, -0.05) is 12.1 Å². The molecule has 3 aromatic rings. The Morgan fingerprint density at radius 2 is 2.03 bits per heavy atom. The molecule has 1 saturated heterocycles. The highest BCUT2D eigenvalue weighted by Gasteiger charge is 2.34. The predicted octanol–water partition coefficient (Wildman–Crippen LogP) is 3.97. The lowest BCUT2D eigenvalue weighted by atomic mass is 9.74. The third kappa shape index (κ3) is 4.29. The van der Waals surface area contributed by atoms with E-state index >= 15 is 0 Å². The van der Waals surface area contributed by atoms with Crippen molar-refractivity contribution in [2.24, 2.45) is 0 Å². The highest BCUT2D eigenvalue weighted by atomic mass is 19.1. The number of anilines is 1. The topological polar surface area (TPSA) is 64.9 Å². The van der Waals surface area contributed by atoms with Crippen molar-refractivity contribution in [3.05, 3.63) is 59.9 Å². The first-order valence-electron chi connectivity index (χ1n) is 10.0. The molecule has 1 aromatic carbocycles. The van der Waals surface area contributed by atoms with E-state index in [-0.39, 0.29) is 11.2 Å². The summed E-state index contributed by atoms with van der Waals surface area (Å²) in [6, 6.07) is 8.86. The summed E-state index contributed by atoms with van der Waals surface area (Å²) >= 11 is 0. The van der Waals surface area contributed by atoms with Crippen LogP contribution in [0.25, 0.3) is 11.3 Å². The van der Waals surface area contributed by atoms with Gasteiger partial charge >= 0.3 is 0 Å². The Bertz CT molecular complexity index is 981. The molecule has 1 aliphatic rings. The van der Waals surface area contributed by atoms with Gasteiger partial charge in [-0.2, -0.15) is 5.10 Å². The molecule has 2 aromatic heterocycles. The second kappa shape index (κ2) is 8.29. The van der Waals surface area contributed by atoms with Gasteiger partial charge in [-0.25, -0.2) is 14.4 Å². The first-order chi connectivity index (χ1) is 14.1. The van der Waals surface area contributed by atoms with Crippen molar-refractivity contribution >= 4 is 5.82 Å². The van der Waals surface area contributed by atoms with Crippen molar-refractivity contribution in [2.75, 3.05) is 25.1 Å². The second-order valence-corrected chi connectivity index (χ2v) is 7.53. The minimum absolute atomic E-state index is 0.188. The van der Waals surface area contributed by atoms with Crippen LogP contribution in [-0.4, -0.2) is 39.5 Å². The zero-order valence-electron chi connectivity index (χ0n) is 16.9. The number of rotatable bonds is 6. The van der Waals surface area contributed by atoms with E-state index in [1.807, 2.05) is 36.1 Å². The van der Waals surface area contributed by atoms with Gasteiger partial charge in [0.15, 0.2) is 0 Å². The first kappa shape index (κ1) is 19.5. The zero-order valence-corrected chi connectivity index (χ0v) is 16.9. The molecule has 3 heterocycles. The van der Waals surface area contributed by atoms with Gasteiger partial charge in [0.1, 0.15) is 17.5 Å². The quantitative estimate of drug-likeness (QED) is 0.684. The normalized spacial score (nSPS) is 16.0. The standard InChI is InChI=1S/C22H26FN5O/c1-3-28-14-17(13-25-28)20-12-21(27-16(2)26-20)24-15-22(7-9-29-10-8-22)18-5-4-6-19(23)11-18/h4-6,11-14H,3,7-10,15H2,1-2H3,(H,24,26,27). The Labute approximate surface area is 170 Å². The molecule has 0 unspecified atom stereocenters. The van der Waals surface area contributed by atoms with Crippen molar-refractivity contribution in [1.82, 2.24) is 19.7 Å². The molecule has 6 nitrogen and oxygen atoms in total. The van der Waals surface area contributed by atoms with Crippen LogP contribution in [0.3, 0.4) is 0 Å². The van der Waals surface area contributed by atoms with Crippen molar-refractivity contribution in [3.8, 4) is 11.3 Å². The Balaban J connectivity index is 1.59. The van der Waals surface area contributed by atoms with Crippen molar-refractivity contribution in [3.63, 3.8) is 0 Å². The number of nitrogens with one attached hydrogen (secondary N) is 1. The molecule has 0 atom stereocenters. The Morgan fingerprint density at radius 1 is 1.21 bits per heavy atom. The van der Waals surface area contributed by atoms with Crippen LogP contribution < -0.4 is 5.32 Å². The molecule has 0 spiro atoms. The summed E-state index contributed by atoms with van der Waals surface area (Å²) in [5.41, 5.74) is 2.62. The van der Waals surface area contributed by atoms with E-state index in [1.165, 1.54) is 6.07 Å². The molecule has 4 rings (SSSR count). The lowest BCUT2D eigenvalue weighted by molar-refractivity contribution is 0.0542. The molecule has 0 aliphatic carbocycles. The van der Waals surface area contributed by atoms with Gasteiger partial charge in [0.05, 0.1) is 11.9 Å². The highest BCUT2D eigenvalue weighted by molar-refractivity contribution is 5.61. The summed E-state index contributed by atoms with van der Waals surface area (Å²) in [4.78, 5) is 9.12. The number of hydrogen-bond donors (Lipinski definition) is 1. The van der Waals surface area contributed by atoms with Crippen LogP contribution in [0.4, 0.5) is 10.2 Å². The number of nitrogens with zero attached hydrogens (tertiary/aromatic N) is 4. The molecule has 0 amide bonds. The molecular weight excluding hydrogens is 369 g/mol. The first-order valence-corrected chi connectivity index (χ1v) is 10.0. The molecule has 1 fully saturated rings. The SMILES string of the molecule is CCn1cc(-c2cc(NCC3(c4cccc(F)c4)CCOCC3)nc(C)n2)cn1. The Morgan fingerprint density at radius 3 is 2.76 bits per heavy atom. The fraction of sp³-hybridized carbons (Fsp3) is 0.409. The third-order valence-corrected chi connectivity index (χ3v) is 5.59. The van der Waals surface area contributed by atoms with Crippen LogP contribution in [0.1, 0.15) is 31.2 Å². The number of halogens is 1. The van der Waals surface area contributed by atoms with Gasteiger partial charge in [0, 0.05) is 49.5 Å². The Hall–Kier alpha value is -2.80. The minimum Gasteiger partial charge on any atom is -0.381 e. The molecule has 1 aliphatic heterocycles. The Kier molecular flexibility index (Phi) is 5.58. The summed E-state index contributed by atoms with van der Waals surface area (Å²) in [7, 11) is 0. The molecule has 29 heavy (non-hydrogen) atoms. The fourth-order valence-corrected chi connectivity index (χ4v) is 3.88. The summed E-state index contributed by atoms with van der Waals surface area (Å²) in [6.45, 7) is 6.74. The van der Waals surface area contributed by atoms with E-state index in [9.17, 15) is 4.39 Å². The summed E-state index contributed by atoms with van der Waals surface area (Å²) in [5.74, 6) is 1.25. The number of benzene rings is 1. The lowest BCUT2D eigenvalue weighted by Crippen LogP contribution is -2.40. The average molecular weight is 395 g/mol. The summed E-state index contributed by atoms with van der Waals surface area (Å²) in [5, 5.41) is 7.82. The average Bonchev–Trinajstić information content (AvgIpc) is 3.22. The lowest BCUT2D eigenvalue weighted by Gasteiger charge is -2.38. The maximum atomic E-state index is 13.9. The number of hydrogen-bond acceptors (Lipinski definition) is 5. The monoisotopic (exact) mass is 395 g/mol. The fourth-order valence-electron chi connectivity index (χ4n) is 3.88. The van der Waals surface area contributed by atoms with Gasteiger partial charge in [-0.15, -0.1) is 0 Å². The van der Waals surface area contributed by atoms with Gasteiger partial charge < -0.3 is 10.1 Å². The van der Waals surface area contributed by atoms with Gasteiger partial charge in [0.2, 0.25) is 0 Å². The maximum Gasteiger partial charge on any atom is 0.130 e. The largest absolute Gasteiger partial charge is 0.381 e. The van der Waals surface area contributed by atoms with Gasteiger partial charge in [-0.05, 0) is 44.4 Å². The molecule has 1 N–H and O–H groups in total. The predicted molar refractivity (Wildman–Crippen MR) is 110 cm³/mol. The minimum atomic E-state index is -0.207. The van der Waals surface area contributed by atoms with Gasteiger partial charge in [-0.3, -0.25) is 4.68 Å². The van der Waals surface area contributed by atoms with E-state index < -0.39 is 0 Å². The molecule has 0 saturated carbocycles. The van der Waals surface area contributed by atoms with Crippen molar-refractivity contribution < 1.29 is 9.13 Å². The van der Waals surface area contributed by atoms with Crippen LogP contribution in [-0.2, 0) is 16.7 Å². The molecular formula is C22H26FN5O. The maximum absolute atomic E-state index is 13.9.